The van der Waals surface area contributed by atoms with Crippen LogP contribution in [0.25, 0.3) is 0 Å². The van der Waals surface area contributed by atoms with Gasteiger partial charge in [0.1, 0.15) is 17.2 Å². The fourth-order valence-electron chi connectivity index (χ4n) is 2.37. The predicted octanol–water partition coefficient (Wildman–Crippen LogP) is 4.60. The molecule has 2 aromatic carbocycles. The van der Waals surface area contributed by atoms with Crippen molar-refractivity contribution in [3.63, 3.8) is 0 Å². The first-order valence-electron chi connectivity index (χ1n) is 8.64. The lowest BCUT2D eigenvalue weighted by Crippen LogP contribution is -2.14. The monoisotopic (exact) mass is 476 g/mol. The van der Waals surface area contributed by atoms with Gasteiger partial charge in [-0.1, -0.05) is 16.8 Å². The van der Waals surface area contributed by atoms with Crippen molar-refractivity contribution in [2.45, 2.75) is 6.18 Å². The number of alkyl halides is 3. The maximum absolute atomic E-state index is 12.8. The molecule has 0 aliphatic carbocycles. The number of hydrogen-bond donors (Lipinski definition) is 0. The second-order valence-corrected chi connectivity index (χ2v) is 6.41. The Balaban J connectivity index is 2.41. The molecule has 0 amide bonds. The van der Waals surface area contributed by atoms with E-state index in [0.29, 0.717) is 6.07 Å². The molecule has 13 heteroatoms. The molecule has 0 heterocycles. The third-order valence-electron chi connectivity index (χ3n) is 3.83. The lowest BCUT2D eigenvalue weighted by molar-refractivity contribution is -0.385. The number of benzene rings is 2. The number of carbonyl (C=O) groups is 1. The number of nitro benzene ring substituents is 1. The first kappa shape index (κ1) is 24.9. The van der Waals surface area contributed by atoms with Gasteiger partial charge in [0.25, 0.3) is 5.69 Å². The van der Waals surface area contributed by atoms with Crippen LogP contribution in [-0.2, 0) is 25.3 Å². The second kappa shape index (κ2) is 10.8. The van der Waals surface area contributed by atoms with Crippen LogP contribution in [0.5, 0.6) is 11.5 Å². The van der Waals surface area contributed by atoms with Crippen molar-refractivity contribution in [1.29, 1.82) is 0 Å². The van der Waals surface area contributed by atoms with Crippen LogP contribution < -0.4 is 4.74 Å². The van der Waals surface area contributed by atoms with Gasteiger partial charge in [0.05, 0.1) is 34.8 Å². The van der Waals surface area contributed by atoms with E-state index < -0.39 is 29.2 Å². The number of methoxy groups -OCH3 is 2. The average molecular weight is 477 g/mol. The Kier molecular flexibility index (Phi) is 8.38. The lowest BCUT2D eigenvalue weighted by atomic mass is 10.1. The summed E-state index contributed by atoms with van der Waals surface area (Å²) in [6, 6.07) is 6.05. The predicted molar refractivity (Wildman–Crippen MR) is 106 cm³/mol. The number of esters is 1. The molecule has 0 radical (unpaired) electrons. The molecule has 0 atom stereocenters. The van der Waals surface area contributed by atoms with Crippen LogP contribution in [0.3, 0.4) is 0 Å². The molecule has 0 fully saturated rings. The van der Waals surface area contributed by atoms with Gasteiger partial charge in [-0.15, -0.1) is 0 Å². The van der Waals surface area contributed by atoms with Crippen molar-refractivity contribution in [3.8, 4) is 11.5 Å². The Labute approximate surface area is 184 Å². The summed E-state index contributed by atoms with van der Waals surface area (Å²) in [6.45, 7) is -0.776. The SMILES string of the molecule is COC/C(=N\OCC(=O)OC)c1cc(Oc2ccc(C(F)(F)F)cc2Cl)ccc1[N+](=O)[O-]. The molecule has 0 aliphatic heterocycles. The average Bonchev–Trinajstić information content (AvgIpc) is 2.73. The molecule has 172 valence electrons. The van der Waals surface area contributed by atoms with Gasteiger partial charge in [0, 0.05) is 13.2 Å². The number of rotatable bonds is 9. The maximum Gasteiger partial charge on any atom is 0.416 e. The van der Waals surface area contributed by atoms with Gasteiger partial charge < -0.3 is 19.0 Å². The first-order chi connectivity index (χ1) is 15.1. The molecule has 0 aliphatic rings. The van der Waals surface area contributed by atoms with E-state index in [9.17, 15) is 28.1 Å². The molecular formula is C19H16ClF3N2O7. The van der Waals surface area contributed by atoms with E-state index >= 15 is 0 Å². The number of ether oxygens (including phenoxy) is 3. The fourth-order valence-corrected chi connectivity index (χ4v) is 2.59. The zero-order chi connectivity index (χ0) is 23.9. The number of nitrogens with zero attached hydrogens (tertiary/aromatic N) is 2. The summed E-state index contributed by atoms with van der Waals surface area (Å²) in [4.78, 5) is 26.8. The summed E-state index contributed by atoms with van der Waals surface area (Å²) in [7, 11) is 2.45. The summed E-state index contributed by atoms with van der Waals surface area (Å²) < 4.78 is 53.3. The van der Waals surface area contributed by atoms with Crippen LogP contribution in [0.15, 0.2) is 41.6 Å². The molecule has 32 heavy (non-hydrogen) atoms. The maximum atomic E-state index is 12.8. The lowest BCUT2D eigenvalue weighted by Gasteiger charge is -2.12. The Morgan fingerprint density at radius 1 is 1.16 bits per heavy atom. The Morgan fingerprint density at radius 2 is 1.88 bits per heavy atom. The van der Waals surface area contributed by atoms with Crippen molar-refractivity contribution >= 4 is 29.0 Å². The van der Waals surface area contributed by atoms with Gasteiger partial charge in [0.2, 0.25) is 6.61 Å². The highest BCUT2D eigenvalue weighted by molar-refractivity contribution is 6.32. The van der Waals surface area contributed by atoms with Crippen molar-refractivity contribution < 1.29 is 41.9 Å². The molecule has 0 N–H and O–H groups in total. The first-order valence-corrected chi connectivity index (χ1v) is 9.02. The highest BCUT2D eigenvalue weighted by Crippen LogP contribution is 2.37. The second-order valence-electron chi connectivity index (χ2n) is 6.00. The Morgan fingerprint density at radius 3 is 2.44 bits per heavy atom. The van der Waals surface area contributed by atoms with Crippen LogP contribution in [0, 0.1) is 10.1 Å². The summed E-state index contributed by atoms with van der Waals surface area (Å²) in [5.41, 5.74) is -1.46. The number of halogens is 4. The van der Waals surface area contributed by atoms with Gasteiger partial charge in [-0.05, 0) is 30.3 Å². The highest BCUT2D eigenvalue weighted by atomic mass is 35.5. The summed E-state index contributed by atoms with van der Waals surface area (Å²) in [5.74, 6) is -0.815. The normalized spacial score (nSPS) is 11.8. The van der Waals surface area contributed by atoms with Crippen molar-refractivity contribution in [2.75, 3.05) is 27.4 Å². The fraction of sp³-hybridized carbons (Fsp3) is 0.263. The van der Waals surface area contributed by atoms with Gasteiger partial charge in [-0.3, -0.25) is 10.1 Å². The number of hydrogen-bond acceptors (Lipinski definition) is 8. The molecule has 2 aromatic rings. The number of carbonyl (C=O) groups excluding carboxylic acids is 1. The van der Waals surface area contributed by atoms with Crippen LogP contribution in [0.1, 0.15) is 11.1 Å². The number of oxime groups is 1. The van der Waals surface area contributed by atoms with E-state index in [2.05, 4.69) is 9.89 Å². The van der Waals surface area contributed by atoms with E-state index in [0.717, 1.165) is 25.3 Å². The van der Waals surface area contributed by atoms with Gasteiger partial charge in [-0.2, -0.15) is 13.2 Å². The van der Waals surface area contributed by atoms with Crippen molar-refractivity contribution in [1.82, 2.24) is 0 Å². The third kappa shape index (κ3) is 6.56. The van der Waals surface area contributed by atoms with Gasteiger partial charge in [-0.25, -0.2) is 4.79 Å². The molecule has 0 aromatic heterocycles. The smallest absolute Gasteiger partial charge is 0.416 e. The van der Waals surface area contributed by atoms with Crippen LogP contribution in [-0.4, -0.2) is 44.0 Å². The molecular weight excluding hydrogens is 461 g/mol. The molecule has 0 spiro atoms. The number of nitro groups is 1. The highest BCUT2D eigenvalue weighted by Gasteiger charge is 2.31. The molecule has 0 unspecified atom stereocenters. The zero-order valence-corrected chi connectivity index (χ0v) is 17.4. The summed E-state index contributed by atoms with van der Waals surface area (Å²) in [6.07, 6.45) is -4.58. The molecule has 2 rings (SSSR count). The van der Waals surface area contributed by atoms with E-state index in [4.69, 9.17) is 25.9 Å². The van der Waals surface area contributed by atoms with Gasteiger partial charge >= 0.3 is 12.1 Å². The quantitative estimate of drug-likeness (QED) is 0.225. The van der Waals surface area contributed by atoms with Crippen molar-refractivity contribution in [3.05, 3.63) is 62.7 Å². The van der Waals surface area contributed by atoms with E-state index in [1.165, 1.54) is 19.2 Å². The molecule has 9 nitrogen and oxygen atoms in total. The van der Waals surface area contributed by atoms with E-state index in [-0.39, 0.29) is 40.1 Å². The zero-order valence-electron chi connectivity index (χ0n) is 16.6. The molecule has 0 bridgehead atoms. The minimum Gasteiger partial charge on any atom is -0.466 e. The standard InChI is InChI=1S/C19H16ClF3N2O7/c1-29-9-15(24-31-10-18(26)30-2)13-8-12(4-5-16(13)25(27)28)32-17-6-3-11(7-14(17)20)19(21,22)23/h3-8H,9-10H2,1-2H3/b24-15+. The van der Waals surface area contributed by atoms with Gasteiger partial charge in [0.15, 0.2) is 0 Å². The minimum atomic E-state index is -4.58. The summed E-state index contributed by atoms with van der Waals surface area (Å²) >= 11 is 5.89. The largest absolute Gasteiger partial charge is 0.466 e. The third-order valence-corrected chi connectivity index (χ3v) is 4.12. The van der Waals surface area contributed by atoms with Crippen LogP contribution in [0.2, 0.25) is 5.02 Å². The molecule has 0 saturated heterocycles. The Bertz CT molecular complexity index is 1030. The van der Waals surface area contributed by atoms with Crippen molar-refractivity contribution in [2.24, 2.45) is 5.16 Å². The van der Waals surface area contributed by atoms with E-state index in [1.54, 1.807) is 0 Å². The topological polar surface area (TPSA) is 109 Å². The molecule has 0 saturated carbocycles. The van der Waals surface area contributed by atoms with Crippen LogP contribution in [0.4, 0.5) is 18.9 Å². The van der Waals surface area contributed by atoms with E-state index in [1.807, 2.05) is 0 Å². The van der Waals surface area contributed by atoms with Crippen LogP contribution >= 0.6 is 11.6 Å². The summed E-state index contributed by atoms with van der Waals surface area (Å²) in [5, 5.41) is 14.8. The Hall–Kier alpha value is -3.38. The minimum absolute atomic E-state index is 0.0176.